The van der Waals surface area contributed by atoms with Gasteiger partial charge in [0.1, 0.15) is 11.5 Å². The van der Waals surface area contributed by atoms with Gasteiger partial charge in [-0.25, -0.2) is 13.2 Å². The first-order valence-electron chi connectivity index (χ1n) is 10.8. The van der Waals surface area contributed by atoms with Crippen LogP contribution in [0.4, 0.5) is 5.00 Å². The number of quaternary nitrogens is 1. The van der Waals surface area contributed by atoms with Crippen molar-refractivity contribution in [2.75, 3.05) is 38.6 Å². The second-order valence-electron chi connectivity index (χ2n) is 7.63. The number of benzene rings is 1. The molecule has 0 aliphatic carbocycles. The number of nitrogens with zero attached hydrogens (tertiary/aromatic N) is 1. The molecule has 1 atom stereocenters. The van der Waals surface area contributed by atoms with Crippen LogP contribution in [0.2, 0.25) is 0 Å². The van der Waals surface area contributed by atoms with Crippen molar-refractivity contribution in [3.8, 4) is 0 Å². The van der Waals surface area contributed by atoms with Gasteiger partial charge in [-0.1, -0.05) is 13.8 Å². The van der Waals surface area contributed by atoms with Gasteiger partial charge in [-0.05, 0) is 36.8 Å². The summed E-state index contributed by atoms with van der Waals surface area (Å²) < 4.78 is 31.9. The van der Waals surface area contributed by atoms with E-state index in [2.05, 4.69) is 12.4 Å². The zero-order chi connectivity index (χ0) is 23.5. The van der Waals surface area contributed by atoms with E-state index in [0.717, 1.165) is 30.0 Å². The Balaban J connectivity index is 1.87. The Bertz CT molecular complexity index is 1090. The van der Waals surface area contributed by atoms with Gasteiger partial charge in [0.25, 0.3) is 5.91 Å². The molecule has 1 aromatic carbocycles. The van der Waals surface area contributed by atoms with Gasteiger partial charge in [-0.2, -0.15) is 4.31 Å². The number of likely N-dealkylation sites (N-methyl/N-ethyl adjacent to an activating group) is 1. The number of nitrogens with one attached hydrogen (secondary N) is 2. The number of carbonyl (C=O) groups excluding carboxylic acids is 2. The highest BCUT2D eigenvalue weighted by atomic mass is 32.2. The van der Waals surface area contributed by atoms with Gasteiger partial charge in [-0.3, -0.25) is 4.79 Å². The van der Waals surface area contributed by atoms with Crippen LogP contribution < -0.4 is 10.2 Å². The van der Waals surface area contributed by atoms with Crippen molar-refractivity contribution in [1.82, 2.24) is 4.31 Å². The summed E-state index contributed by atoms with van der Waals surface area (Å²) in [6.45, 7) is 8.01. The largest absolute Gasteiger partial charge is 0.462 e. The normalized spacial score (nSPS) is 16.0. The Hall–Kier alpha value is -2.27. The maximum Gasteiger partial charge on any atom is 0.341 e. The Morgan fingerprint density at radius 1 is 1.16 bits per heavy atom. The Morgan fingerprint density at radius 2 is 1.81 bits per heavy atom. The lowest BCUT2D eigenvalue weighted by molar-refractivity contribution is -0.895. The SMILES string of the molecule is CCOC(=O)c1c(NC(=O)c2ccc(S(=O)(=O)N(CC)CC)cc2)sc2c1CC[NH+](C)C2. The number of thiophene rings is 1. The lowest BCUT2D eigenvalue weighted by atomic mass is 10.0. The molecule has 2 heterocycles. The number of rotatable bonds is 8. The summed E-state index contributed by atoms with van der Waals surface area (Å²) in [7, 11) is -1.50. The Kier molecular flexibility index (Phi) is 7.71. The number of esters is 1. The average molecular weight is 481 g/mol. The van der Waals surface area contributed by atoms with E-state index in [0.29, 0.717) is 29.2 Å². The summed E-state index contributed by atoms with van der Waals surface area (Å²) in [5.74, 6) is -0.831. The number of hydrogen-bond acceptors (Lipinski definition) is 6. The molecule has 32 heavy (non-hydrogen) atoms. The standard InChI is InChI=1S/C22H29N3O5S2/c1-5-25(6-2)32(28,29)16-10-8-15(9-11-16)20(26)23-21-19(22(27)30-7-3)17-12-13-24(4)14-18(17)31-21/h8-11H,5-7,12-14H2,1-4H3,(H,23,26)/p+1. The van der Waals surface area contributed by atoms with Crippen molar-refractivity contribution in [3.63, 3.8) is 0 Å². The highest BCUT2D eigenvalue weighted by Gasteiger charge is 2.30. The van der Waals surface area contributed by atoms with Gasteiger partial charge in [-0.15, -0.1) is 11.3 Å². The molecule has 2 aromatic rings. The molecule has 8 nitrogen and oxygen atoms in total. The molecule has 0 spiro atoms. The van der Waals surface area contributed by atoms with Crippen molar-refractivity contribution >= 4 is 38.2 Å². The van der Waals surface area contributed by atoms with E-state index in [1.54, 1.807) is 20.8 Å². The molecule has 0 bridgehead atoms. The van der Waals surface area contributed by atoms with Crippen molar-refractivity contribution in [3.05, 3.63) is 45.8 Å². The molecule has 0 saturated heterocycles. The van der Waals surface area contributed by atoms with E-state index in [1.807, 2.05) is 0 Å². The fourth-order valence-corrected chi connectivity index (χ4v) is 6.60. The van der Waals surface area contributed by atoms with Gasteiger partial charge in [0.15, 0.2) is 0 Å². The van der Waals surface area contributed by atoms with Crippen molar-refractivity contribution < 1.29 is 27.6 Å². The minimum Gasteiger partial charge on any atom is -0.462 e. The van der Waals surface area contributed by atoms with Crippen LogP contribution in [-0.2, 0) is 27.7 Å². The Morgan fingerprint density at radius 3 is 2.41 bits per heavy atom. The van der Waals surface area contributed by atoms with E-state index in [9.17, 15) is 18.0 Å². The Labute approximate surface area is 193 Å². The summed E-state index contributed by atoms with van der Waals surface area (Å²) in [5, 5.41) is 3.33. The third-order valence-electron chi connectivity index (χ3n) is 5.52. The van der Waals surface area contributed by atoms with Gasteiger partial charge in [0.05, 0.1) is 35.5 Å². The summed E-state index contributed by atoms with van der Waals surface area (Å²) in [6, 6.07) is 5.85. The number of fused-ring (bicyclic) bond motifs is 1. The first-order valence-corrected chi connectivity index (χ1v) is 13.0. The molecule has 1 unspecified atom stereocenters. The number of amides is 1. The minimum absolute atomic E-state index is 0.141. The molecular weight excluding hydrogens is 450 g/mol. The lowest BCUT2D eigenvalue weighted by Crippen LogP contribution is -3.08. The molecule has 1 aliphatic rings. The minimum atomic E-state index is -3.59. The van der Waals surface area contributed by atoms with Crippen molar-refractivity contribution in [1.29, 1.82) is 0 Å². The number of sulfonamides is 1. The van der Waals surface area contributed by atoms with Crippen LogP contribution in [0.5, 0.6) is 0 Å². The first-order chi connectivity index (χ1) is 15.2. The van der Waals surface area contributed by atoms with Crippen LogP contribution in [0.15, 0.2) is 29.2 Å². The quantitative estimate of drug-likeness (QED) is 0.562. The summed E-state index contributed by atoms with van der Waals surface area (Å²) in [6.07, 6.45) is 0.750. The van der Waals surface area contributed by atoms with E-state index >= 15 is 0 Å². The van der Waals surface area contributed by atoms with E-state index < -0.39 is 21.9 Å². The van der Waals surface area contributed by atoms with Crippen molar-refractivity contribution in [2.45, 2.75) is 38.6 Å². The average Bonchev–Trinajstić information content (AvgIpc) is 3.11. The number of carbonyl (C=O) groups is 2. The fraction of sp³-hybridized carbons (Fsp3) is 0.455. The summed E-state index contributed by atoms with van der Waals surface area (Å²) in [4.78, 5) is 28.1. The molecular formula is C22H30N3O5S2+. The summed E-state index contributed by atoms with van der Waals surface area (Å²) in [5.41, 5.74) is 1.70. The number of ether oxygens (including phenoxy) is 1. The zero-order valence-corrected chi connectivity index (χ0v) is 20.5. The highest BCUT2D eigenvalue weighted by Crippen LogP contribution is 2.35. The number of hydrogen-bond donors (Lipinski definition) is 2. The van der Waals surface area contributed by atoms with Crippen molar-refractivity contribution in [2.24, 2.45) is 0 Å². The smallest absolute Gasteiger partial charge is 0.341 e. The maximum atomic E-state index is 12.9. The monoisotopic (exact) mass is 480 g/mol. The molecule has 174 valence electrons. The predicted molar refractivity (Wildman–Crippen MR) is 124 cm³/mol. The van der Waals surface area contributed by atoms with E-state index in [-0.39, 0.29) is 11.5 Å². The summed E-state index contributed by atoms with van der Waals surface area (Å²) >= 11 is 1.40. The highest BCUT2D eigenvalue weighted by molar-refractivity contribution is 7.89. The second-order valence-corrected chi connectivity index (χ2v) is 10.7. The predicted octanol–water partition coefficient (Wildman–Crippen LogP) is 1.78. The molecule has 0 radical (unpaired) electrons. The molecule has 1 aliphatic heterocycles. The van der Waals surface area contributed by atoms with Crippen LogP contribution >= 0.6 is 11.3 Å². The maximum absolute atomic E-state index is 12.9. The third kappa shape index (κ3) is 4.88. The van der Waals surface area contributed by atoms with Crippen LogP contribution in [0.25, 0.3) is 0 Å². The second kappa shape index (κ2) is 10.1. The molecule has 10 heteroatoms. The van der Waals surface area contributed by atoms with Crippen LogP contribution in [-0.4, -0.2) is 57.9 Å². The van der Waals surface area contributed by atoms with Crippen LogP contribution in [0.1, 0.15) is 51.9 Å². The molecule has 0 fully saturated rings. The van der Waals surface area contributed by atoms with E-state index in [4.69, 9.17) is 4.74 Å². The van der Waals surface area contributed by atoms with Crippen LogP contribution in [0, 0.1) is 0 Å². The molecule has 2 N–H and O–H groups in total. The van der Waals surface area contributed by atoms with Gasteiger partial charge < -0.3 is 15.0 Å². The zero-order valence-electron chi connectivity index (χ0n) is 18.9. The van der Waals surface area contributed by atoms with Gasteiger partial charge >= 0.3 is 5.97 Å². The first kappa shape index (κ1) is 24.4. The van der Waals surface area contributed by atoms with E-state index in [1.165, 1.54) is 44.8 Å². The molecule has 0 saturated carbocycles. The third-order valence-corrected chi connectivity index (χ3v) is 8.73. The number of anilines is 1. The van der Waals surface area contributed by atoms with Crippen LogP contribution in [0.3, 0.4) is 0 Å². The molecule has 1 amide bonds. The van der Waals surface area contributed by atoms with Gasteiger partial charge in [0.2, 0.25) is 10.0 Å². The molecule has 1 aromatic heterocycles. The van der Waals surface area contributed by atoms with Gasteiger partial charge in [0, 0.05) is 25.1 Å². The lowest BCUT2D eigenvalue weighted by Gasteiger charge is -2.19. The fourth-order valence-electron chi connectivity index (χ4n) is 3.79. The topological polar surface area (TPSA) is 97.2 Å². The molecule has 3 rings (SSSR count).